The first-order valence-electron chi connectivity index (χ1n) is 9.98. The number of nitrogens with zero attached hydrogens (tertiary/aromatic N) is 2. The van der Waals surface area contributed by atoms with Gasteiger partial charge in [-0.25, -0.2) is 8.42 Å². The Kier molecular flexibility index (Phi) is 6.48. The van der Waals surface area contributed by atoms with E-state index in [1.165, 1.54) is 10.4 Å². The highest BCUT2D eigenvalue weighted by atomic mass is 32.2. The number of hydrogen-bond acceptors (Lipinski definition) is 6. The van der Waals surface area contributed by atoms with Gasteiger partial charge in [0.05, 0.1) is 22.2 Å². The summed E-state index contributed by atoms with van der Waals surface area (Å²) in [6, 6.07) is 4.70. The highest BCUT2D eigenvalue weighted by molar-refractivity contribution is 7.89. The van der Waals surface area contributed by atoms with Crippen LogP contribution in [0.25, 0.3) is 0 Å². The first kappa shape index (κ1) is 21.6. The Bertz CT molecular complexity index is 878. The number of anilines is 2. The van der Waals surface area contributed by atoms with Crippen LogP contribution in [0, 0.1) is 11.8 Å². The molecule has 0 unspecified atom stereocenters. The molecule has 8 nitrogen and oxygen atoms in total. The summed E-state index contributed by atoms with van der Waals surface area (Å²) in [5.74, 6) is -0.662. The molecule has 1 saturated carbocycles. The standard InChI is InChI=1S/C20H29N3O5S/c1-14-11-16(14)20(25)28-13-19(24)21-17-12-15(7-8-18(17)22(2)3)29(26,27)23-9-5-4-6-10-23/h7-8,12,14,16H,4-6,9-11,13H2,1-3H3,(H,21,24)/t14-,16-/m0/s1. The third kappa shape index (κ3) is 5.08. The maximum Gasteiger partial charge on any atom is 0.309 e. The summed E-state index contributed by atoms with van der Waals surface area (Å²) in [5, 5.41) is 2.69. The van der Waals surface area contributed by atoms with Crippen LogP contribution in [0.3, 0.4) is 0 Å². The van der Waals surface area contributed by atoms with E-state index in [4.69, 9.17) is 4.74 Å². The van der Waals surface area contributed by atoms with E-state index < -0.39 is 22.5 Å². The second-order valence-electron chi connectivity index (χ2n) is 8.01. The third-order valence-corrected chi connectivity index (χ3v) is 7.33. The number of benzene rings is 1. The van der Waals surface area contributed by atoms with Gasteiger partial charge in [0.15, 0.2) is 6.61 Å². The average Bonchev–Trinajstić information content (AvgIpc) is 3.43. The monoisotopic (exact) mass is 423 g/mol. The third-order valence-electron chi connectivity index (χ3n) is 5.43. The summed E-state index contributed by atoms with van der Waals surface area (Å²) < 4.78 is 32.5. The molecule has 0 spiro atoms. The fraction of sp³-hybridized carbons (Fsp3) is 0.600. The van der Waals surface area contributed by atoms with Crippen molar-refractivity contribution in [1.29, 1.82) is 0 Å². The van der Waals surface area contributed by atoms with Crippen LogP contribution in [0.4, 0.5) is 11.4 Å². The fourth-order valence-electron chi connectivity index (χ4n) is 3.50. The number of carbonyl (C=O) groups excluding carboxylic acids is 2. The molecular formula is C20H29N3O5S. The highest BCUT2D eigenvalue weighted by Crippen LogP contribution is 2.38. The second-order valence-corrected chi connectivity index (χ2v) is 9.95. The summed E-state index contributed by atoms with van der Waals surface area (Å²) >= 11 is 0. The normalized spacial score (nSPS) is 22.0. The minimum atomic E-state index is -3.62. The SMILES string of the molecule is C[C@H]1C[C@@H]1C(=O)OCC(=O)Nc1cc(S(=O)(=O)N2CCCCC2)ccc1N(C)C. The Hall–Kier alpha value is -2.13. The zero-order valence-corrected chi connectivity index (χ0v) is 18.0. The predicted molar refractivity (Wildman–Crippen MR) is 110 cm³/mol. The van der Waals surface area contributed by atoms with Gasteiger partial charge in [0.1, 0.15) is 0 Å². The molecule has 1 N–H and O–H groups in total. The van der Waals surface area contributed by atoms with Crippen LogP contribution in [0.15, 0.2) is 23.1 Å². The van der Waals surface area contributed by atoms with Crippen molar-refractivity contribution in [3.05, 3.63) is 18.2 Å². The molecule has 29 heavy (non-hydrogen) atoms. The number of ether oxygens (including phenoxy) is 1. The molecule has 9 heteroatoms. The number of esters is 1. The Morgan fingerprint density at radius 3 is 2.45 bits per heavy atom. The molecule has 160 valence electrons. The van der Waals surface area contributed by atoms with Crippen molar-refractivity contribution in [3.8, 4) is 0 Å². The van der Waals surface area contributed by atoms with Crippen molar-refractivity contribution in [3.63, 3.8) is 0 Å². The summed E-state index contributed by atoms with van der Waals surface area (Å²) in [5.41, 5.74) is 1.03. The molecule has 1 aromatic rings. The molecule has 0 bridgehead atoms. The van der Waals surface area contributed by atoms with Gasteiger partial charge in [-0.2, -0.15) is 4.31 Å². The molecule has 0 radical (unpaired) electrons. The minimum Gasteiger partial charge on any atom is -0.455 e. The van der Waals surface area contributed by atoms with Crippen molar-refractivity contribution < 1.29 is 22.7 Å². The first-order valence-corrected chi connectivity index (χ1v) is 11.4. The molecule has 1 saturated heterocycles. The largest absolute Gasteiger partial charge is 0.455 e. The number of nitrogens with one attached hydrogen (secondary N) is 1. The number of amides is 1. The smallest absolute Gasteiger partial charge is 0.309 e. The number of rotatable bonds is 7. The number of sulfonamides is 1. The molecule has 2 aliphatic rings. The molecule has 1 heterocycles. The van der Waals surface area contributed by atoms with Crippen LogP contribution in [0.1, 0.15) is 32.6 Å². The van der Waals surface area contributed by atoms with E-state index >= 15 is 0 Å². The Morgan fingerprint density at radius 1 is 1.21 bits per heavy atom. The lowest BCUT2D eigenvalue weighted by Crippen LogP contribution is -2.35. The maximum absolute atomic E-state index is 13.0. The van der Waals surface area contributed by atoms with Crippen LogP contribution in [-0.2, 0) is 24.3 Å². The van der Waals surface area contributed by atoms with Crippen molar-refractivity contribution in [1.82, 2.24) is 4.31 Å². The summed E-state index contributed by atoms with van der Waals surface area (Å²) in [4.78, 5) is 26.1. The highest BCUT2D eigenvalue weighted by Gasteiger charge is 2.40. The van der Waals surface area contributed by atoms with Gasteiger partial charge in [0.25, 0.3) is 5.91 Å². The summed E-state index contributed by atoms with van der Waals surface area (Å²) in [7, 11) is -0.0117. The van der Waals surface area contributed by atoms with Gasteiger partial charge in [-0.1, -0.05) is 13.3 Å². The van der Waals surface area contributed by atoms with Gasteiger partial charge in [-0.3, -0.25) is 9.59 Å². The number of piperidine rings is 1. The van der Waals surface area contributed by atoms with Crippen molar-refractivity contribution in [2.24, 2.45) is 11.8 Å². The van der Waals surface area contributed by atoms with Gasteiger partial charge in [-0.15, -0.1) is 0 Å². The zero-order valence-electron chi connectivity index (χ0n) is 17.2. The Balaban J connectivity index is 1.74. The van der Waals surface area contributed by atoms with Crippen molar-refractivity contribution >= 4 is 33.3 Å². The molecule has 1 aliphatic carbocycles. The quantitative estimate of drug-likeness (QED) is 0.675. The topological polar surface area (TPSA) is 96.0 Å². The Morgan fingerprint density at radius 2 is 1.86 bits per heavy atom. The molecule has 0 aromatic heterocycles. The molecule has 1 aliphatic heterocycles. The van der Waals surface area contributed by atoms with E-state index in [0.29, 0.717) is 30.4 Å². The van der Waals surface area contributed by atoms with E-state index in [-0.39, 0.29) is 16.8 Å². The summed E-state index contributed by atoms with van der Waals surface area (Å²) in [6.07, 6.45) is 3.53. The van der Waals surface area contributed by atoms with Gasteiger partial charge < -0.3 is 15.0 Å². The predicted octanol–water partition coefficient (Wildman–Crippen LogP) is 2.06. The average molecular weight is 424 g/mol. The van der Waals surface area contributed by atoms with E-state index in [0.717, 1.165) is 25.7 Å². The maximum atomic E-state index is 13.0. The van der Waals surface area contributed by atoms with Gasteiger partial charge in [0.2, 0.25) is 10.0 Å². The van der Waals surface area contributed by atoms with E-state index in [1.54, 1.807) is 31.1 Å². The van der Waals surface area contributed by atoms with Crippen LogP contribution < -0.4 is 10.2 Å². The van der Waals surface area contributed by atoms with Crippen LogP contribution in [-0.4, -0.2) is 58.4 Å². The first-order chi connectivity index (χ1) is 13.7. The van der Waals surface area contributed by atoms with Gasteiger partial charge in [0, 0.05) is 27.2 Å². The van der Waals surface area contributed by atoms with E-state index in [2.05, 4.69) is 5.32 Å². The zero-order chi connectivity index (χ0) is 21.2. The molecule has 1 aromatic carbocycles. The van der Waals surface area contributed by atoms with E-state index in [9.17, 15) is 18.0 Å². The lowest BCUT2D eigenvalue weighted by atomic mass is 10.2. The summed E-state index contributed by atoms with van der Waals surface area (Å²) in [6.45, 7) is 2.59. The lowest BCUT2D eigenvalue weighted by molar-refractivity contribution is -0.148. The molecule has 2 fully saturated rings. The minimum absolute atomic E-state index is 0.113. The van der Waals surface area contributed by atoms with Crippen molar-refractivity contribution in [2.45, 2.75) is 37.5 Å². The lowest BCUT2D eigenvalue weighted by Gasteiger charge is -2.26. The van der Waals surface area contributed by atoms with Crippen LogP contribution in [0.5, 0.6) is 0 Å². The number of carbonyl (C=O) groups is 2. The van der Waals surface area contributed by atoms with Crippen LogP contribution >= 0.6 is 0 Å². The van der Waals surface area contributed by atoms with Gasteiger partial charge >= 0.3 is 5.97 Å². The molecule has 3 rings (SSSR count). The Labute approximate surface area is 172 Å². The molecular weight excluding hydrogens is 394 g/mol. The second kappa shape index (κ2) is 8.71. The molecule has 2 atom stereocenters. The fourth-order valence-corrected chi connectivity index (χ4v) is 5.04. The van der Waals surface area contributed by atoms with Crippen LogP contribution in [0.2, 0.25) is 0 Å². The van der Waals surface area contributed by atoms with Crippen molar-refractivity contribution in [2.75, 3.05) is 44.0 Å². The number of hydrogen-bond donors (Lipinski definition) is 1. The van der Waals surface area contributed by atoms with Gasteiger partial charge in [-0.05, 0) is 43.4 Å². The molecule has 1 amide bonds. The van der Waals surface area contributed by atoms with E-state index in [1.807, 2.05) is 6.92 Å².